The summed E-state index contributed by atoms with van der Waals surface area (Å²) in [5, 5.41) is 10.2. The second kappa shape index (κ2) is 5.82. The molecule has 1 unspecified atom stereocenters. The van der Waals surface area contributed by atoms with E-state index in [0.717, 1.165) is 0 Å². The van der Waals surface area contributed by atoms with Gasteiger partial charge in [0.05, 0.1) is 22.0 Å². The van der Waals surface area contributed by atoms with Crippen molar-refractivity contribution in [2.24, 2.45) is 5.73 Å². The minimum Gasteiger partial charge on any atom is -0.439 e. The molecule has 3 N–H and O–H groups in total. The second-order valence-electron chi connectivity index (χ2n) is 5.64. The molecule has 0 spiro atoms. The Morgan fingerprint density at radius 1 is 1.52 bits per heavy atom. The van der Waals surface area contributed by atoms with Gasteiger partial charge in [-0.2, -0.15) is 0 Å². The molecule has 1 aliphatic carbocycles. The Morgan fingerprint density at radius 2 is 2.22 bits per heavy atom. The first kappa shape index (κ1) is 15.8. The molecule has 7 nitrogen and oxygen atoms in total. The van der Waals surface area contributed by atoms with Crippen LogP contribution in [0.3, 0.4) is 0 Å². The number of rotatable bonds is 3. The second-order valence-corrected chi connectivity index (χ2v) is 6.04. The summed E-state index contributed by atoms with van der Waals surface area (Å²) in [6.07, 6.45) is -1.31. The highest BCUT2D eigenvalue weighted by atomic mass is 35.5. The summed E-state index contributed by atoms with van der Waals surface area (Å²) < 4.78 is 6.43. The van der Waals surface area contributed by atoms with E-state index in [1.54, 1.807) is 25.1 Å². The molecule has 8 heteroatoms. The molecule has 0 bridgehead atoms. The molecule has 23 heavy (non-hydrogen) atoms. The minimum atomic E-state index is -0.946. The first-order chi connectivity index (χ1) is 10.9. The molecule has 1 atom stereocenters. The Labute approximate surface area is 136 Å². The van der Waals surface area contributed by atoms with Crippen LogP contribution < -0.4 is 11.3 Å². The van der Waals surface area contributed by atoms with Crippen LogP contribution in [-0.4, -0.2) is 26.9 Å². The summed E-state index contributed by atoms with van der Waals surface area (Å²) in [7, 11) is 0. The van der Waals surface area contributed by atoms with Gasteiger partial charge < -0.3 is 15.6 Å². The van der Waals surface area contributed by atoms with Crippen molar-refractivity contribution in [1.82, 2.24) is 9.55 Å². The Morgan fingerprint density at radius 3 is 2.83 bits per heavy atom. The molecule has 3 rings (SSSR count). The summed E-state index contributed by atoms with van der Waals surface area (Å²) in [5.74, 6) is 0.292. The first-order valence-electron chi connectivity index (χ1n) is 7.23. The molecule has 1 aromatic heterocycles. The van der Waals surface area contributed by atoms with Crippen LogP contribution in [0.15, 0.2) is 23.0 Å². The van der Waals surface area contributed by atoms with E-state index < -0.39 is 18.3 Å². The van der Waals surface area contributed by atoms with Crippen LogP contribution in [0.2, 0.25) is 5.02 Å². The molecule has 1 saturated carbocycles. The predicted octanol–water partition coefficient (Wildman–Crippen LogP) is 1.90. The lowest BCUT2D eigenvalue weighted by Gasteiger charge is -2.35. The Kier molecular flexibility index (Phi) is 3.99. The van der Waals surface area contributed by atoms with Crippen molar-refractivity contribution < 1.29 is 14.6 Å². The van der Waals surface area contributed by atoms with Gasteiger partial charge in [-0.1, -0.05) is 17.7 Å². The van der Waals surface area contributed by atoms with Crippen LogP contribution in [0.25, 0.3) is 10.9 Å². The maximum atomic E-state index is 12.9. The van der Waals surface area contributed by atoms with Gasteiger partial charge in [0.15, 0.2) is 11.9 Å². The van der Waals surface area contributed by atoms with E-state index in [1.165, 1.54) is 4.57 Å². The van der Waals surface area contributed by atoms with Gasteiger partial charge in [-0.15, -0.1) is 0 Å². The third kappa shape index (κ3) is 2.77. The third-order valence-electron chi connectivity index (χ3n) is 4.02. The Hall–Kier alpha value is -2.12. The number of benzene rings is 1. The van der Waals surface area contributed by atoms with Crippen LogP contribution in [0.4, 0.5) is 4.79 Å². The summed E-state index contributed by atoms with van der Waals surface area (Å²) in [5.41, 5.74) is 5.17. The van der Waals surface area contributed by atoms with Crippen LogP contribution in [0.5, 0.6) is 0 Å². The number of aliphatic hydroxyl groups is 1. The van der Waals surface area contributed by atoms with Crippen molar-refractivity contribution in [3.8, 4) is 0 Å². The number of ether oxygens (including phenoxy) is 1. The molecule has 2 aromatic rings. The average molecular weight is 338 g/mol. The molecule has 1 amide bonds. The van der Waals surface area contributed by atoms with E-state index in [1.807, 2.05) is 0 Å². The van der Waals surface area contributed by atoms with E-state index in [-0.39, 0.29) is 11.6 Å². The highest BCUT2D eigenvalue weighted by Gasteiger charge is 2.33. The third-order valence-corrected chi connectivity index (χ3v) is 4.33. The molecule has 0 radical (unpaired) electrons. The molecule has 0 aliphatic heterocycles. The first-order valence-corrected chi connectivity index (χ1v) is 7.61. The monoisotopic (exact) mass is 337 g/mol. The summed E-state index contributed by atoms with van der Waals surface area (Å²) in [6.45, 7) is 1.59. The van der Waals surface area contributed by atoms with Crippen molar-refractivity contribution in [2.45, 2.75) is 38.0 Å². The number of carbonyl (C=O) groups excluding carboxylic acids is 1. The lowest BCUT2D eigenvalue weighted by Crippen LogP contribution is -2.40. The molecule has 1 fully saturated rings. The topological polar surface area (TPSA) is 107 Å². The van der Waals surface area contributed by atoms with Gasteiger partial charge in [0, 0.05) is 6.04 Å². The minimum absolute atomic E-state index is 0.209. The number of aliphatic hydroxyl groups excluding tert-OH is 1. The van der Waals surface area contributed by atoms with Crippen molar-refractivity contribution in [1.29, 1.82) is 0 Å². The molecule has 0 saturated heterocycles. The molecule has 1 heterocycles. The number of nitrogens with zero attached hydrogens (tertiary/aromatic N) is 2. The highest BCUT2D eigenvalue weighted by molar-refractivity contribution is 6.35. The zero-order valence-electron chi connectivity index (χ0n) is 12.4. The van der Waals surface area contributed by atoms with Crippen LogP contribution >= 0.6 is 11.6 Å². The van der Waals surface area contributed by atoms with Gasteiger partial charge in [-0.25, -0.2) is 9.78 Å². The van der Waals surface area contributed by atoms with Gasteiger partial charge in [0.1, 0.15) is 0 Å². The number of aromatic nitrogens is 2. The van der Waals surface area contributed by atoms with E-state index in [0.29, 0.717) is 34.6 Å². The largest absolute Gasteiger partial charge is 0.439 e. The van der Waals surface area contributed by atoms with Crippen LogP contribution in [0, 0.1) is 0 Å². The lowest BCUT2D eigenvalue weighted by molar-refractivity contribution is 0.0399. The smallest absolute Gasteiger partial charge is 0.405 e. The number of halogens is 1. The van der Waals surface area contributed by atoms with Crippen molar-refractivity contribution in [2.75, 3.05) is 0 Å². The highest BCUT2D eigenvalue weighted by Crippen LogP contribution is 2.34. The number of primary amides is 1. The van der Waals surface area contributed by atoms with Gasteiger partial charge >= 0.3 is 6.09 Å². The fraction of sp³-hybridized carbons (Fsp3) is 0.400. The Balaban J connectivity index is 2.22. The van der Waals surface area contributed by atoms with Crippen molar-refractivity contribution in [3.05, 3.63) is 39.4 Å². The van der Waals surface area contributed by atoms with Crippen molar-refractivity contribution >= 4 is 28.6 Å². The lowest BCUT2D eigenvalue weighted by atomic mass is 9.89. The standard InChI is InChI=1S/C15H16ClN3O4/c1-7(23-15(17)22)13-18-11-4-2-3-10(16)12(11)14(21)19(13)8-5-9(20)6-8/h2-4,7-9,20H,5-6H2,1H3,(H2,17,22). The number of hydrogen-bond acceptors (Lipinski definition) is 5. The SMILES string of the molecule is CC(OC(N)=O)c1nc2cccc(Cl)c2c(=O)n1C1CC(O)C1. The van der Waals surface area contributed by atoms with E-state index in [2.05, 4.69) is 4.98 Å². The fourth-order valence-electron chi connectivity index (χ4n) is 2.86. The predicted molar refractivity (Wildman–Crippen MR) is 84.4 cm³/mol. The van der Waals surface area contributed by atoms with Gasteiger partial charge in [0.2, 0.25) is 0 Å². The van der Waals surface area contributed by atoms with E-state index >= 15 is 0 Å². The van der Waals surface area contributed by atoms with Crippen molar-refractivity contribution in [3.63, 3.8) is 0 Å². The van der Waals surface area contributed by atoms with E-state index in [9.17, 15) is 14.7 Å². The Bertz CT molecular complexity index is 829. The normalized spacial score (nSPS) is 21.7. The quantitative estimate of drug-likeness (QED) is 0.889. The summed E-state index contributed by atoms with van der Waals surface area (Å²) in [6, 6.07) is 4.77. The van der Waals surface area contributed by atoms with Crippen LogP contribution in [-0.2, 0) is 4.74 Å². The maximum absolute atomic E-state index is 12.9. The summed E-state index contributed by atoms with van der Waals surface area (Å²) >= 11 is 6.14. The van der Waals surface area contributed by atoms with Gasteiger partial charge in [0.25, 0.3) is 5.56 Å². The number of amides is 1. The number of hydrogen-bond donors (Lipinski definition) is 2. The number of carbonyl (C=O) groups is 1. The van der Waals surface area contributed by atoms with Gasteiger partial charge in [-0.05, 0) is 31.9 Å². The van der Waals surface area contributed by atoms with Crippen LogP contribution in [0.1, 0.15) is 37.7 Å². The average Bonchev–Trinajstić information content (AvgIpc) is 2.43. The molecule has 1 aliphatic rings. The van der Waals surface area contributed by atoms with E-state index in [4.69, 9.17) is 22.1 Å². The molecular weight excluding hydrogens is 322 g/mol. The van der Waals surface area contributed by atoms with Gasteiger partial charge in [-0.3, -0.25) is 9.36 Å². The number of fused-ring (bicyclic) bond motifs is 1. The summed E-state index contributed by atoms with van der Waals surface area (Å²) in [4.78, 5) is 28.4. The molecular formula is C15H16ClN3O4. The molecule has 1 aromatic carbocycles. The zero-order chi connectivity index (χ0) is 16.7. The molecule has 122 valence electrons. The maximum Gasteiger partial charge on any atom is 0.405 e. The zero-order valence-corrected chi connectivity index (χ0v) is 13.2. The number of nitrogens with two attached hydrogens (primary N) is 1. The fourth-order valence-corrected chi connectivity index (χ4v) is 3.11.